The maximum absolute atomic E-state index is 8.50. The maximum Gasteiger partial charge on any atom is 0.152 e. The van der Waals surface area contributed by atoms with E-state index in [0.717, 1.165) is 5.56 Å². The van der Waals surface area contributed by atoms with E-state index in [0.29, 0.717) is 27.4 Å². The summed E-state index contributed by atoms with van der Waals surface area (Å²) in [5, 5.41) is 11.9. The van der Waals surface area contributed by atoms with Gasteiger partial charge in [-0.05, 0) is 39.2 Å². The van der Waals surface area contributed by atoms with Crippen LogP contribution in [-0.4, -0.2) is 11.4 Å². The average Bonchev–Trinajstić information content (AvgIpc) is 2.39. The molecule has 0 aromatic heterocycles. The van der Waals surface area contributed by atoms with Crippen molar-refractivity contribution in [2.45, 2.75) is 6.61 Å². The summed E-state index contributed by atoms with van der Waals surface area (Å²) in [7, 11) is 0. The fraction of sp³-hybridized carbons (Fsp3) is 0.0714. The van der Waals surface area contributed by atoms with Crippen molar-refractivity contribution in [3.8, 4) is 5.75 Å². The fourth-order valence-electron chi connectivity index (χ4n) is 1.59. The summed E-state index contributed by atoms with van der Waals surface area (Å²) < 4.78 is 6.41. The molecule has 0 fully saturated rings. The van der Waals surface area contributed by atoms with E-state index in [9.17, 15) is 0 Å². The van der Waals surface area contributed by atoms with Gasteiger partial charge in [-0.2, -0.15) is 0 Å². The molecule has 0 bridgehead atoms. The number of hydrogen-bond donors (Lipinski definition) is 1. The van der Waals surface area contributed by atoms with Gasteiger partial charge < -0.3 is 9.94 Å². The molecule has 0 spiro atoms. The quantitative estimate of drug-likeness (QED) is 0.506. The van der Waals surface area contributed by atoms with Crippen LogP contribution in [0.5, 0.6) is 5.75 Å². The van der Waals surface area contributed by atoms with Crippen molar-refractivity contribution in [2.24, 2.45) is 5.16 Å². The first-order valence-corrected chi connectivity index (χ1v) is 6.71. The molecule has 0 saturated carbocycles. The minimum absolute atomic E-state index is 0.437. The van der Waals surface area contributed by atoms with Gasteiger partial charge in [-0.3, -0.25) is 0 Å². The lowest BCUT2D eigenvalue weighted by Crippen LogP contribution is -1.97. The summed E-state index contributed by atoms with van der Waals surface area (Å²) in [5.74, 6) is 0.570. The number of oxime groups is 1. The summed E-state index contributed by atoms with van der Waals surface area (Å²) in [5.41, 5.74) is 1.75. The molecule has 0 atom stereocenters. The van der Waals surface area contributed by atoms with Crippen LogP contribution in [0, 0.1) is 0 Å². The first-order chi connectivity index (χ1) is 9.20. The zero-order valence-electron chi connectivity index (χ0n) is 9.88. The van der Waals surface area contributed by atoms with E-state index in [1.54, 1.807) is 12.1 Å². The Balaban J connectivity index is 2.17. The highest BCUT2D eigenvalue weighted by atomic mass is 79.9. The molecule has 3 nitrogen and oxygen atoms in total. The predicted molar refractivity (Wildman–Crippen MR) is 79.3 cm³/mol. The van der Waals surface area contributed by atoms with Gasteiger partial charge in [-0.25, -0.2) is 0 Å². The summed E-state index contributed by atoms with van der Waals surface area (Å²) in [6, 6.07) is 13.3. The number of halogens is 2. The largest absolute Gasteiger partial charge is 0.486 e. The summed E-state index contributed by atoms with van der Waals surface area (Å²) in [6.45, 7) is 0.437. The van der Waals surface area contributed by atoms with Crippen molar-refractivity contribution >= 4 is 33.7 Å². The molecule has 0 saturated heterocycles. The number of ether oxygens (including phenoxy) is 1. The molecule has 2 aromatic carbocycles. The predicted octanol–water partition coefficient (Wildman–Crippen LogP) is 4.49. The molecule has 0 aliphatic carbocycles. The minimum Gasteiger partial charge on any atom is -0.486 e. The maximum atomic E-state index is 8.50. The van der Waals surface area contributed by atoms with Gasteiger partial charge in [0.1, 0.15) is 6.61 Å². The van der Waals surface area contributed by atoms with Crippen LogP contribution in [0.15, 0.2) is 52.1 Å². The van der Waals surface area contributed by atoms with E-state index >= 15 is 0 Å². The lowest BCUT2D eigenvalue weighted by Gasteiger charge is -2.11. The second-order valence-corrected chi connectivity index (χ2v) is 5.09. The van der Waals surface area contributed by atoms with Gasteiger partial charge >= 0.3 is 0 Å². The molecule has 5 heteroatoms. The molecular formula is C14H11BrClNO2. The molecular weight excluding hydrogens is 330 g/mol. The summed E-state index contributed by atoms with van der Waals surface area (Å²) in [4.78, 5) is 0. The van der Waals surface area contributed by atoms with Crippen LogP contribution in [0.4, 0.5) is 0 Å². The van der Waals surface area contributed by atoms with Crippen molar-refractivity contribution < 1.29 is 9.94 Å². The van der Waals surface area contributed by atoms with Crippen LogP contribution >= 0.6 is 27.5 Å². The average molecular weight is 341 g/mol. The van der Waals surface area contributed by atoms with Crippen molar-refractivity contribution in [1.29, 1.82) is 0 Å². The molecule has 2 aromatic rings. The van der Waals surface area contributed by atoms with Gasteiger partial charge in [0.05, 0.1) is 15.7 Å². The minimum atomic E-state index is 0.437. The Hall–Kier alpha value is -1.52. The van der Waals surface area contributed by atoms with Crippen LogP contribution < -0.4 is 4.74 Å². The Morgan fingerprint density at radius 1 is 1.26 bits per heavy atom. The standard InChI is InChI=1S/C14H11BrClNO2/c15-12-6-11(8-17-18)7-13(16)14(12)19-9-10-4-2-1-3-5-10/h1-8,18H,9H2/b17-8+. The number of hydrogen-bond acceptors (Lipinski definition) is 3. The van der Waals surface area contributed by atoms with E-state index in [4.69, 9.17) is 21.5 Å². The normalized spacial score (nSPS) is 10.8. The Morgan fingerprint density at radius 2 is 2.00 bits per heavy atom. The molecule has 19 heavy (non-hydrogen) atoms. The Morgan fingerprint density at radius 3 is 2.63 bits per heavy atom. The zero-order chi connectivity index (χ0) is 13.7. The molecule has 0 heterocycles. The molecule has 0 aliphatic rings. The molecule has 98 valence electrons. The van der Waals surface area contributed by atoms with Crippen LogP contribution in [-0.2, 0) is 6.61 Å². The van der Waals surface area contributed by atoms with Gasteiger partial charge in [-0.1, -0.05) is 47.1 Å². The van der Waals surface area contributed by atoms with E-state index in [-0.39, 0.29) is 0 Å². The van der Waals surface area contributed by atoms with Crippen LogP contribution in [0.25, 0.3) is 0 Å². The van der Waals surface area contributed by atoms with Crippen LogP contribution in [0.1, 0.15) is 11.1 Å². The molecule has 0 amide bonds. The van der Waals surface area contributed by atoms with E-state index in [1.165, 1.54) is 6.21 Å². The van der Waals surface area contributed by atoms with Crippen molar-refractivity contribution in [3.05, 3.63) is 63.1 Å². The first-order valence-electron chi connectivity index (χ1n) is 5.54. The number of benzene rings is 2. The third kappa shape index (κ3) is 3.72. The third-order valence-corrected chi connectivity index (χ3v) is 3.32. The second-order valence-electron chi connectivity index (χ2n) is 3.83. The highest BCUT2D eigenvalue weighted by molar-refractivity contribution is 9.10. The smallest absolute Gasteiger partial charge is 0.152 e. The Labute approximate surface area is 124 Å². The number of rotatable bonds is 4. The lowest BCUT2D eigenvalue weighted by atomic mass is 10.2. The first kappa shape index (κ1) is 13.9. The Bertz CT molecular complexity index is 564. The second kappa shape index (κ2) is 6.59. The van der Waals surface area contributed by atoms with Gasteiger partial charge in [0, 0.05) is 0 Å². The van der Waals surface area contributed by atoms with Crippen molar-refractivity contribution in [2.75, 3.05) is 0 Å². The monoisotopic (exact) mass is 339 g/mol. The van der Waals surface area contributed by atoms with Gasteiger partial charge in [-0.15, -0.1) is 0 Å². The summed E-state index contributed by atoms with van der Waals surface area (Å²) >= 11 is 9.53. The van der Waals surface area contributed by atoms with Crippen molar-refractivity contribution in [3.63, 3.8) is 0 Å². The third-order valence-electron chi connectivity index (χ3n) is 2.45. The molecule has 0 aliphatic heterocycles. The Kier molecular flexibility index (Phi) is 4.82. The number of nitrogens with zero attached hydrogens (tertiary/aromatic N) is 1. The lowest BCUT2D eigenvalue weighted by molar-refractivity contribution is 0.304. The van der Waals surface area contributed by atoms with Gasteiger partial charge in [0.25, 0.3) is 0 Å². The molecule has 0 unspecified atom stereocenters. The zero-order valence-corrected chi connectivity index (χ0v) is 12.2. The topological polar surface area (TPSA) is 41.8 Å². The van der Waals surface area contributed by atoms with Crippen molar-refractivity contribution in [1.82, 2.24) is 0 Å². The fourth-order valence-corrected chi connectivity index (χ4v) is 2.58. The van der Waals surface area contributed by atoms with Crippen LogP contribution in [0.3, 0.4) is 0 Å². The SMILES string of the molecule is O/N=C/c1cc(Cl)c(OCc2ccccc2)c(Br)c1. The van der Waals surface area contributed by atoms with Crippen LogP contribution in [0.2, 0.25) is 5.02 Å². The molecule has 0 radical (unpaired) electrons. The molecule has 1 N–H and O–H groups in total. The van der Waals surface area contributed by atoms with E-state index in [2.05, 4.69) is 21.1 Å². The van der Waals surface area contributed by atoms with Gasteiger partial charge in [0.2, 0.25) is 0 Å². The van der Waals surface area contributed by atoms with Gasteiger partial charge in [0.15, 0.2) is 5.75 Å². The van der Waals surface area contributed by atoms with E-state index in [1.807, 2.05) is 30.3 Å². The highest BCUT2D eigenvalue weighted by Crippen LogP contribution is 2.34. The highest BCUT2D eigenvalue weighted by Gasteiger charge is 2.09. The molecule has 2 rings (SSSR count). The summed E-state index contributed by atoms with van der Waals surface area (Å²) in [6.07, 6.45) is 1.30. The van der Waals surface area contributed by atoms with E-state index < -0.39 is 0 Å².